The van der Waals surface area contributed by atoms with Crippen molar-refractivity contribution in [3.05, 3.63) is 35.3 Å². The van der Waals surface area contributed by atoms with Gasteiger partial charge in [-0.1, -0.05) is 0 Å². The van der Waals surface area contributed by atoms with Gasteiger partial charge in [-0.15, -0.1) is 0 Å². The number of benzene rings is 1. The van der Waals surface area contributed by atoms with E-state index in [2.05, 4.69) is 10.3 Å². The summed E-state index contributed by atoms with van der Waals surface area (Å²) in [7, 11) is 1.35. The fraction of sp³-hybridized carbons (Fsp3) is 0.474. The number of nitrogens with zero attached hydrogens (tertiary/aromatic N) is 1. The van der Waals surface area contributed by atoms with Crippen molar-refractivity contribution in [1.29, 1.82) is 0 Å². The number of aryl methyl sites for hydroxylation is 1. The second-order valence-corrected chi connectivity index (χ2v) is 6.61. The Kier molecular flexibility index (Phi) is 5.18. The predicted molar refractivity (Wildman–Crippen MR) is 94.0 cm³/mol. The normalized spacial score (nSPS) is 20.5. The Balaban J connectivity index is 2.05. The molecule has 0 radical (unpaired) electrons. The molecule has 1 aromatic carbocycles. The van der Waals surface area contributed by atoms with Crippen molar-refractivity contribution in [1.82, 2.24) is 4.98 Å². The molecular formula is C19H23FN2O3. The Labute approximate surface area is 146 Å². The minimum atomic E-state index is -0.359. The van der Waals surface area contributed by atoms with Crippen LogP contribution in [0.2, 0.25) is 0 Å². The van der Waals surface area contributed by atoms with E-state index in [0.717, 1.165) is 42.6 Å². The molecule has 6 heteroatoms. The van der Waals surface area contributed by atoms with Crippen molar-refractivity contribution in [2.45, 2.75) is 51.2 Å². The topological polar surface area (TPSA) is 71.5 Å². The van der Waals surface area contributed by atoms with E-state index in [0.29, 0.717) is 10.9 Å². The number of ether oxygens (including phenoxy) is 1. The van der Waals surface area contributed by atoms with Crippen LogP contribution >= 0.6 is 0 Å². The molecule has 1 saturated carbocycles. The van der Waals surface area contributed by atoms with Crippen molar-refractivity contribution >= 4 is 22.6 Å². The minimum absolute atomic E-state index is 0.0828. The minimum Gasteiger partial charge on any atom is -0.469 e. The van der Waals surface area contributed by atoms with E-state index >= 15 is 0 Å². The first-order valence-electron chi connectivity index (χ1n) is 8.58. The number of carbonyl (C=O) groups is 1. The van der Waals surface area contributed by atoms with Crippen molar-refractivity contribution < 1.29 is 19.0 Å². The highest BCUT2D eigenvalue weighted by molar-refractivity contribution is 5.95. The summed E-state index contributed by atoms with van der Waals surface area (Å²) in [5, 5.41) is 13.8. The van der Waals surface area contributed by atoms with Gasteiger partial charge in [0, 0.05) is 28.4 Å². The number of aliphatic hydroxyl groups is 1. The van der Waals surface area contributed by atoms with Gasteiger partial charge in [-0.25, -0.2) is 4.39 Å². The zero-order valence-electron chi connectivity index (χ0n) is 14.5. The molecule has 2 aromatic rings. The molecule has 0 aliphatic heterocycles. The number of carbonyl (C=O) groups excluding carboxylic acids is 1. The van der Waals surface area contributed by atoms with Gasteiger partial charge in [0.2, 0.25) is 0 Å². The third-order valence-corrected chi connectivity index (χ3v) is 4.85. The average Bonchev–Trinajstić information content (AvgIpc) is 2.60. The molecule has 0 saturated heterocycles. The number of rotatable bonds is 4. The molecule has 1 aliphatic carbocycles. The number of fused-ring (bicyclic) bond motifs is 1. The lowest BCUT2D eigenvalue weighted by atomic mass is 9.92. The Hall–Kier alpha value is -2.21. The van der Waals surface area contributed by atoms with E-state index < -0.39 is 0 Å². The van der Waals surface area contributed by atoms with Crippen LogP contribution in [0.5, 0.6) is 0 Å². The summed E-state index contributed by atoms with van der Waals surface area (Å²) in [6.07, 6.45) is 2.97. The van der Waals surface area contributed by atoms with Crippen LogP contribution in [0.25, 0.3) is 10.9 Å². The average molecular weight is 346 g/mol. The highest BCUT2D eigenvalue weighted by Crippen LogP contribution is 2.32. The lowest BCUT2D eigenvalue weighted by molar-refractivity contribution is -0.139. The Morgan fingerprint density at radius 3 is 2.76 bits per heavy atom. The number of methoxy groups -OCH3 is 1. The number of nitrogens with one attached hydrogen (secondary N) is 1. The smallest absolute Gasteiger partial charge is 0.310 e. The number of esters is 1. The van der Waals surface area contributed by atoms with Crippen molar-refractivity contribution in [3.8, 4) is 0 Å². The summed E-state index contributed by atoms with van der Waals surface area (Å²) in [5.74, 6) is -0.702. The van der Waals surface area contributed by atoms with Gasteiger partial charge in [-0.2, -0.15) is 0 Å². The van der Waals surface area contributed by atoms with Gasteiger partial charge >= 0.3 is 5.97 Å². The Morgan fingerprint density at radius 1 is 1.36 bits per heavy atom. The molecule has 1 fully saturated rings. The molecular weight excluding hydrogens is 323 g/mol. The summed E-state index contributed by atoms with van der Waals surface area (Å²) < 4.78 is 18.6. The molecule has 25 heavy (non-hydrogen) atoms. The molecule has 3 rings (SSSR count). The number of hydrogen-bond acceptors (Lipinski definition) is 5. The number of anilines is 1. The number of aliphatic hydroxyl groups excluding tert-OH is 1. The molecule has 0 spiro atoms. The van der Waals surface area contributed by atoms with Crippen LogP contribution in [0.1, 0.15) is 36.9 Å². The monoisotopic (exact) mass is 346 g/mol. The van der Waals surface area contributed by atoms with Crippen LogP contribution in [0.3, 0.4) is 0 Å². The number of halogens is 1. The van der Waals surface area contributed by atoms with Crippen molar-refractivity contribution in [3.63, 3.8) is 0 Å². The lowest BCUT2D eigenvalue weighted by Gasteiger charge is -2.29. The zero-order chi connectivity index (χ0) is 18.0. The highest BCUT2D eigenvalue weighted by Gasteiger charge is 2.23. The third kappa shape index (κ3) is 3.90. The van der Waals surface area contributed by atoms with E-state index in [1.807, 2.05) is 6.92 Å². The summed E-state index contributed by atoms with van der Waals surface area (Å²) >= 11 is 0. The molecule has 0 bridgehead atoms. The second kappa shape index (κ2) is 7.35. The quantitative estimate of drug-likeness (QED) is 0.833. The Bertz CT molecular complexity index is 786. The molecule has 1 aromatic heterocycles. The standard InChI is InChI=1S/C19H23FN2O3/c1-11-15(10-18(24)25-2)19(22-13-4-6-14(23)7-5-13)16-9-12(20)3-8-17(16)21-11/h3,8-9,13-14,23H,4-7,10H2,1-2H3,(H,21,22). The summed E-state index contributed by atoms with van der Waals surface area (Å²) in [6.45, 7) is 1.84. The van der Waals surface area contributed by atoms with E-state index in [1.165, 1.54) is 19.2 Å². The largest absolute Gasteiger partial charge is 0.469 e. The third-order valence-electron chi connectivity index (χ3n) is 4.85. The highest BCUT2D eigenvalue weighted by atomic mass is 19.1. The SMILES string of the molecule is COC(=O)Cc1c(C)nc2ccc(F)cc2c1NC1CCC(O)CC1. The first-order chi connectivity index (χ1) is 12.0. The maximum Gasteiger partial charge on any atom is 0.310 e. The maximum atomic E-state index is 13.8. The molecule has 2 N–H and O–H groups in total. The lowest BCUT2D eigenvalue weighted by Crippen LogP contribution is -2.29. The molecule has 0 atom stereocenters. The summed E-state index contributed by atoms with van der Waals surface area (Å²) in [5.41, 5.74) is 2.89. The van der Waals surface area contributed by atoms with Crippen LogP contribution < -0.4 is 5.32 Å². The van der Waals surface area contributed by atoms with Gasteiger partial charge in [-0.05, 0) is 50.8 Å². The van der Waals surface area contributed by atoms with Gasteiger partial charge in [-0.3, -0.25) is 9.78 Å². The van der Waals surface area contributed by atoms with Crippen molar-refractivity contribution in [2.75, 3.05) is 12.4 Å². The van der Waals surface area contributed by atoms with Gasteiger partial charge in [0.15, 0.2) is 0 Å². The molecule has 134 valence electrons. The molecule has 1 heterocycles. The van der Waals surface area contributed by atoms with Gasteiger partial charge in [0.25, 0.3) is 0 Å². The molecule has 0 unspecified atom stereocenters. The number of hydrogen-bond donors (Lipinski definition) is 2. The first kappa shape index (κ1) is 17.6. The van der Waals surface area contributed by atoms with Gasteiger partial charge in [0.1, 0.15) is 5.82 Å². The van der Waals surface area contributed by atoms with Gasteiger partial charge < -0.3 is 15.2 Å². The summed E-state index contributed by atoms with van der Waals surface area (Å²) in [4.78, 5) is 16.4. The van der Waals surface area contributed by atoms with E-state index in [4.69, 9.17) is 4.74 Å². The van der Waals surface area contributed by atoms with Gasteiger partial charge in [0.05, 0.1) is 25.2 Å². The van der Waals surface area contributed by atoms with Crippen LogP contribution in [0.4, 0.5) is 10.1 Å². The number of pyridine rings is 1. The van der Waals surface area contributed by atoms with Crippen LogP contribution in [0, 0.1) is 12.7 Å². The van der Waals surface area contributed by atoms with E-state index in [9.17, 15) is 14.3 Å². The summed E-state index contributed by atoms with van der Waals surface area (Å²) in [6, 6.07) is 4.65. The molecule has 0 amide bonds. The van der Waals surface area contributed by atoms with Crippen LogP contribution in [-0.4, -0.2) is 35.3 Å². The van der Waals surface area contributed by atoms with Crippen molar-refractivity contribution in [2.24, 2.45) is 0 Å². The fourth-order valence-electron chi connectivity index (χ4n) is 3.42. The predicted octanol–water partition coefficient (Wildman–Crippen LogP) is 3.11. The van der Waals surface area contributed by atoms with Crippen LogP contribution in [-0.2, 0) is 16.0 Å². The van der Waals surface area contributed by atoms with E-state index in [1.54, 1.807) is 6.07 Å². The van der Waals surface area contributed by atoms with Crippen LogP contribution in [0.15, 0.2) is 18.2 Å². The molecule has 1 aliphatic rings. The van der Waals surface area contributed by atoms with E-state index in [-0.39, 0.29) is 30.4 Å². The molecule has 5 nitrogen and oxygen atoms in total. The second-order valence-electron chi connectivity index (χ2n) is 6.61. The first-order valence-corrected chi connectivity index (χ1v) is 8.58. The number of aromatic nitrogens is 1. The maximum absolute atomic E-state index is 13.8. The fourth-order valence-corrected chi connectivity index (χ4v) is 3.42. The Morgan fingerprint density at radius 2 is 2.08 bits per heavy atom. The zero-order valence-corrected chi connectivity index (χ0v) is 14.5.